The molecule has 1 aliphatic rings. The second-order valence-corrected chi connectivity index (χ2v) is 5.39. The third-order valence-electron chi connectivity index (χ3n) is 3.15. The minimum atomic E-state index is -0.533. The molecule has 5 nitrogen and oxygen atoms in total. The average molecular weight is 276 g/mol. The van der Waals surface area contributed by atoms with Crippen LogP contribution in [0.3, 0.4) is 0 Å². The number of nitrogens with one attached hydrogen (secondary N) is 1. The van der Waals surface area contributed by atoms with Gasteiger partial charge in [-0.1, -0.05) is 18.2 Å². The maximum atomic E-state index is 11.9. The van der Waals surface area contributed by atoms with Crippen molar-refractivity contribution in [1.82, 2.24) is 9.55 Å². The fourth-order valence-corrected chi connectivity index (χ4v) is 2.94. The first kappa shape index (κ1) is 12.1. The topological polar surface area (TPSA) is 75.1 Å². The van der Waals surface area contributed by atoms with E-state index in [2.05, 4.69) is 4.98 Å². The van der Waals surface area contributed by atoms with Crippen molar-refractivity contribution in [1.29, 1.82) is 0 Å². The second kappa shape index (κ2) is 4.64. The van der Waals surface area contributed by atoms with Gasteiger partial charge in [-0.2, -0.15) is 0 Å². The molecule has 6 heteroatoms. The van der Waals surface area contributed by atoms with E-state index < -0.39 is 11.8 Å². The normalized spacial score (nSPS) is 21.9. The molecule has 0 aliphatic heterocycles. The van der Waals surface area contributed by atoms with Crippen LogP contribution in [0.5, 0.6) is 0 Å². The fraction of sp³-hybridized carbons (Fsp3) is 0.231. The minimum absolute atomic E-state index is 0.210. The smallest absolute Gasteiger partial charge is 0.328 e. The van der Waals surface area contributed by atoms with Gasteiger partial charge in [-0.05, 0) is 11.4 Å². The minimum Gasteiger partial charge on any atom is -0.389 e. The lowest BCUT2D eigenvalue weighted by Gasteiger charge is -2.13. The Morgan fingerprint density at radius 1 is 1.37 bits per heavy atom. The Morgan fingerprint density at radius 3 is 2.84 bits per heavy atom. The van der Waals surface area contributed by atoms with Gasteiger partial charge in [-0.25, -0.2) is 4.79 Å². The molecule has 0 radical (unpaired) electrons. The number of thiophene rings is 1. The van der Waals surface area contributed by atoms with E-state index in [0.29, 0.717) is 12.0 Å². The molecular weight excluding hydrogens is 264 g/mol. The van der Waals surface area contributed by atoms with E-state index >= 15 is 0 Å². The third kappa shape index (κ3) is 2.20. The molecule has 0 unspecified atom stereocenters. The van der Waals surface area contributed by atoms with E-state index in [9.17, 15) is 14.7 Å². The molecule has 2 heterocycles. The zero-order valence-electron chi connectivity index (χ0n) is 9.95. The molecular formula is C13H12N2O3S. The summed E-state index contributed by atoms with van der Waals surface area (Å²) in [6.45, 7) is 0. The lowest BCUT2D eigenvalue weighted by Crippen LogP contribution is -2.32. The van der Waals surface area contributed by atoms with Crippen LogP contribution in [-0.2, 0) is 0 Å². The van der Waals surface area contributed by atoms with Crippen LogP contribution in [0, 0.1) is 0 Å². The first-order valence-electron chi connectivity index (χ1n) is 5.91. The summed E-state index contributed by atoms with van der Waals surface area (Å²) in [5, 5.41) is 11.4. The van der Waals surface area contributed by atoms with E-state index in [4.69, 9.17) is 0 Å². The molecule has 1 aliphatic carbocycles. The lowest BCUT2D eigenvalue weighted by molar-refractivity contribution is 0.209. The van der Waals surface area contributed by atoms with Crippen molar-refractivity contribution >= 4 is 11.3 Å². The van der Waals surface area contributed by atoms with Crippen LogP contribution < -0.4 is 11.2 Å². The zero-order chi connectivity index (χ0) is 13.4. The van der Waals surface area contributed by atoms with Gasteiger partial charge in [0.15, 0.2) is 0 Å². The molecule has 2 aromatic rings. The van der Waals surface area contributed by atoms with Crippen molar-refractivity contribution in [3.8, 4) is 10.4 Å². The Kier molecular flexibility index (Phi) is 2.96. The standard InChI is InChI=1S/C13H12N2O3S/c16-9-4-3-8(6-9)15-7-10(11-2-1-5-19-11)12(17)14-13(15)18/h1-5,7-9,16H,6H2,(H,14,17,18)/t8-,9+/m0/s1. The Morgan fingerprint density at radius 2 is 2.21 bits per heavy atom. The first-order chi connectivity index (χ1) is 9.15. The largest absolute Gasteiger partial charge is 0.389 e. The number of hydrogen-bond acceptors (Lipinski definition) is 4. The number of H-pyrrole nitrogens is 1. The Bertz CT molecular complexity index is 727. The number of allylic oxidation sites excluding steroid dienone is 1. The van der Waals surface area contributed by atoms with Crippen molar-refractivity contribution in [2.24, 2.45) is 0 Å². The predicted molar refractivity (Wildman–Crippen MR) is 73.4 cm³/mol. The SMILES string of the molecule is O=c1[nH]c(=O)n([C@H]2C=C[C@@H](O)C2)cc1-c1cccs1. The van der Waals surface area contributed by atoms with Crippen molar-refractivity contribution in [2.75, 3.05) is 0 Å². The molecule has 98 valence electrons. The highest BCUT2D eigenvalue weighted by atomic mass is 32.1. The summed E-state index contributed by atoms with van der Waals surface area (Å²) in [5.74, 6) is 0. The monoisotopic (exact) mass is 276 g/mol. The molecule has 2 aromatic heterocycles. The zero-order valence-corrected chi connectivity index (χ0v) is 10.8. The highest BCUT2D eigenvalue weighted by Gasteiger charge is 2.20. The molecule has 0 saturated carbocycles. The highest BCUT2D eigenvalue weighted by molar-refractivity contribution is 7.13. The van der Waals surface area contributed by atoms with Crippen LogP contribution >= 0.6 is 11.3 Å². The number of aromatic nitrogens is 2. The average Bonchev–Trinajstić information content (AvgIpc) is 3.00. The van der Waals surface area contributed by atoms with Crippen molar-refractivity contribution in [2.45, 2.75) is 18.6 Å². The van der Waals surface area contributed by atoms with Gasteiger partial charge in [0.25, 0.3) is 5.56 Å². The van der Waals surface area contributed by atoms with Crippen LogP contribution in [0.15, 0.2) is 45.5 Å². The molecule has 2 atom stereocenters. The summed E-state index contributed by atoms with van der Waals surface area (Å²) < 4.78 is 1.46. The maximum absolute atomic E-state index is 11.9. The molecule has 0 spiro atoms. The first-order valence-corrected chi connectivity index (χ1v) is 6.79. The lowest BCUT2D eigenvalue weighted by atomic mass is 10.2. The van der Waals surface area contributed by atoms with Crippen molar-refractivity contribution in [3.63, 3.8) is 0 Å². The number of aliphatic hydroxyl groups excluding tert-OH is 1. The van der Waals surface area contributed by atoms with Gasteiger partial charge in [-0.3, -0.25) is 14.3 Å². The van der Waals surface area contributed by atoms with Crippen molar-refractivity contribution in [3.05, 3.63) is 56.7 Å². The molecule has 0 fully saturated rings. The summed E-state index contributed by atoms with van der Waals surface area (Å²) >= 11 is 1.45. The summed E-state index contributed by atoms with van der Waals surface area (Å²) in [5.41, 5.74) is -0.357. The number of aromatic amines is 1. The predicted octanol–water partition coefficient (Wildman–Crippen LogP) is 1.13. The molecule has 0 amide bonds. The van der Waals surface area contributed by atoms with Gasteiger partial charge in [0.2, 0.25) is 0 Å². The quantitative estimate of drug-likeness (QED) is 0.807. The Balaban J connectivity index is 2.11. The van der Waals surface area contributed by atoms with Crippen LogP contribution in [0.1, 0.15) is 12.5 Å². The summed E-state index contributed by atoms with van der Waals surface area (Å²) in [7, 11) is 0. The van der Waals surface area contributed by atoms with E-state index in [1.54, 1.807) is 18.3 Å². The maximum Gasteiger partial charge on any atom is 0.328 e. The van der Waals surface area contributed by atoms with Gasteiger partial charge < -0.3 is 5.11 Å². The molecule has 0 bridgehead atoms. The van der Waals surface area contributed by atoms with Gasteiger partial charge in [0.1, 0.15) is 0 Å². The van der Waals surface area contributed by atoms with E-state index in [0.717, 1.165) is 4.88 Å². The van der Waals surface area contributed by atoms with E-state index in [-0.39, 0.29) is 11.6 Å². The van der Waals surface area contributed by atoms with Crippen LogP contribution in [-0.4, -0.2) is 20.8 Å². The molecule has 19 heavy (non-hydrogen) atoms. The molecule has 0 saturated heterocycles. The summed E-state index contributed by atoms with van der Waals surface area (Å²) in [6, 6.07) is 3.48. The van der Waals surface area contributed by atoms with E-state index in [1.807, 2.05) is 17.5 Å². The summed E-state index contributed by atoms with van der Waals surface area (Å²) in [4.78, 5) is 26.8. The van der Waals surface area contributed by atoms with Gasteiger partial charge >= 0.3 is 5.69 Å². The van der Waals surface area contributed by atoms with E-state index in [1.165, 1.54) is 15.9 Å². The van der Waals surface area contributed by atoms with Gasteiger partial charge in [-0.15, -0.1) is 11.3 Å². The summed E-state index contributed by atoms with van der Waals surface area (Å²) in [6.07, 6.45) is 4.93. The molecule has 0 aromatic carbocycles. The second-order valence-electron chi connectivity index (χ2n) is 4.44. The van der Waals surface area contributed by atoms with Gasteiger partial charge in [0, 0.05) is 17.5 Å². The van der Waals surface area contributed by atoms with Crippen LogP contribution in [0.4, 0.5) is 0 Å². The molecule has 3 rings (SSSR count). The number of aliphatic hydroxyl groups is 1. The molecule has 2 N–H and O–H groups in total. The Hall–Kier alpha value is -1.92. The number of rotatable bonds is 2. The van der Waals surface area contributed by atoms with Crippen molar-refractivity contribution < 1.29 is 5.11 Å². The van der Waals surface area contributed by atoms with Crippen LogP contribution in [0.2, 0.25) is 0 Å². The number of hydrogen-bond donors (Lipinski definition) is 2. The fourth-order valence-electron chi connectivity index (χ4n) is 2.21. The highest BCUT2D eigenvalue weighted by Crippen LogP contribution is 2.24. The number of nitrogens with zero attached hydrogens (tertiary/aromatic N) is 1. The third-order valence-corrected chi connectivity index (χ3v) is 4.05. The van der Waals surface area contributed by atoms with Crippen LogP contribution in [0.25, 0.3) is 10.4 Å². The Labute approximate surface area is 112 Å². The van der Waals surface area contributed by atoms with Gasteiger partial charge in [0.05, 0.1) is 17.7 Å².